The monoisotopic (exact) mass is 217 g/mol. The minimum atomic E-state index is 0.238. The second kappa shape index (κ2) is 3.24. The topological polar surface area (TPSA) is 32.3 Å². The second-order valence-corrected chi connectivity index (χ2v) is 5.56. The van der Waals surface area contributed by atoms with Crippen LogP contribution in [0.2, 0.25) is 0 Å². The molecule has 1 saturated heterocycles. The fraction of sp³-hybridized carbons (Fsp3) is 0.571. The SMILES string of the molecule is CC1[C@@H]2Cc3ccc(O)cc3[C@@]1(C)CCN2. The second-order valence-electron chi connectivity index (χ2n) is 5.56. The maximum atomic E-state index is 9.67. The van der Waals surface area contributed by atoms with Crippen LogP contribution >= 0.6 is 0 Å². The first-order valence-corrected chi connectivity index (χ1v) is 6.17. The Hall–Kier alpha value is -1.02. The molecule has 0 saturated carbocycles. The van der Waals surface area contributed by atoms with Gasteiger partial charge in [-0.2, -0.15) is 0 Å². The Morgan fingerprint density at radius 2 is 2.25 bits per heavy atom. The average molecular weight is 217 g/mol. The van der Waals surface area contributed by atoms with E-state index < -0.39 is 0 Å². The number of piperidine rings is 1. The molecular formula is C14H19NO. The summed E-state index contributed by atoms with van der Waals surface area (Å²) in [5.74, 6) is 1.06. The third-order valence-corrected chi connectivity index (χ3v) is 4.81. The van der Waals surface area contributed by atoms with E-state index in [1.165, 1.54) is 17.5 Å². The lowest BCUT2D eigenvalue weighted by Gasteiger charge is -2.50. The molecule has 1 unspecified atom stereocenters. The Morgan fingerprint density at radius 3 is 3.06 bits per heavy atom. The van der Waals surface area contributed by atoms with Crippen molar-refractivity contribution in [2.75, 3.05) is 6.54 Å². The van der Waals surface area contributed by atoms with Crippen LogP contribution in [0.5, 0.6) is 5.75 Å². The molecule has 0 spiro atoms. The molecule has 2 nitrogen and oxygen atoms in total. The molecule has 3 rings (SSSR count). The number of phenolic OH excluding ortho intramolecular Hbond substituents is 1. The molecule has 1 fully saturated rings. The van der Waals surface area contributed by atoms with Crippen molar-refractivity contribution in [2.24, 2.45) is 5.92 Å². The molecule has 1 aliphatic carbocycles. The van der Waals surface area contributed by atoms with Gasteiger partial charge in [0, 0.05) is 6.04 Å². The molecule has 1 aromatic carbocycles. The molecule has 1 aliphatic heterocycles. The number of hydrogen-bond donors (Lipinski definition) is 2. The first kappa shape index (κ1) is 10.2. The number of aromatic hydroxyl groups is 1. The van der Waals surface area contributed by atoms with Crippen molar-refractivity contribution >= 4 is 0 Å². The van der Waals surface area contributed by atoms with Crippen molar-refractivity contribution in [3.05, 3.63) is 29.3 Å². The summed E-state index contributed by atoms with van der Waals surface area (Å²) < 4.78 is 0. The minimum absolute atomic E-state index is 0.238. The van der Waals surface area contributed by atoms with Gasteiger partial charge in [0.1, 0.15) is 5.75 Å². The average Bonchev–Trinajstić information content (AvgIpc) is 2.25. The highest BCUT2D eigenvalue weighted by Crippen LogP contribution is 2.46. The number of rotatable bonds is 0. The summed E-state index contributed by atoms with van der Waals surface area (Å²) in [5.41, 5.74) is 3.02. The molecule has 1 heterocycles. The van der Waals surface area contributed by atoms with Crippen LogP contribution < -0.4 is 5.32 Å². The maximum absolute atomic E-state index is 9.67. The Kier molecular flexibility index (Phi) is 2.05. The summed E-state index contributed by atoms with van der Waals surface area (Å²) in [6, 6.07) is 6.49. The molecule has 0 amide bonds. The molecule has 0 aromatic heterocycles. The van der Waals surface area contributed by atoms with Gasteiger partial charge >= 0.3 is 0 Å². The van der Waals surface area contributed by atoms with Crippen LogP contribution in [0.25, 0.3) is 0 Å². The van der Waals surface area contributed by atoms with Crippen molar-refractivity contribution < 1.29 is 5.11 Å². The smallest absolute Gasteiger partial charge is 0.115 e. The van der Waals surface area contributed by atoms with E-state index in [1.54, 1.807) is 0 Å². The minimum Gasteiger partial charge on any atom is -0.508 e. The van der Waals surface area contributed by atoms with Crippen LogP contribution in [0, 0.1) is 5.92 Å². The zero-order valence-electron chi connectivity index (χ0n) is 9.96. The molecule has 2 N–H and O–H groups in total. The van der Waals surface area contributed by atoms with E-state index in [-0.39, 0.29) is 5.41 Å². The predicted molar refractivity (Wildman–Crippen MR) is 64.7 cm³/mol. The van der Waals surface area contributed by atoms with Crippen LogP contribution in [-0.2, 0) is 11.8 Å². The van der Waals surface area contributed by atoms with Gasteiger partial charge in [-0.05, 0) is 54.0 Å². The van der Waals surface area contributed by atoms with Gasteiger partial charge in [-0.25, -0.2) is 0 Å². The number of nitrogens with one attached hydrogen (secondary N) is 1. The number of fused-ring (bicyclic) bond motifs is 4. The number of hydrogen-bond acceptors (Lipinski definition) is 2. The molecule has 2 aliphatic rings. The van der Waals surface area contributed by atoms with Crippen molar-refractivity contribution in [2.45, 2.75) is 38.1 Å². The highest BCUT2D eigenvalue weighted by Gasteiger charge is 2.45. The van der Waals surface area contributed by atoms with Crippen LogP contribution in [0.3, 0.4) is 0 Å². The fourth-order valence-electron chi connectivity index (χ4n) is 3.51. The third kappa shape index (κ3) is 1.23. The van der Waals surface area contributed by atoms with Crippen molar-refractivity contribution in [3.63, 3.8) is 0 Å². The van der Waals surface area contributed by atoms with E-state index in [0.717, 1.165) is 13.0 Å². The largest absolute Gasteiger partial charge is 0.508 e. The van der Waals surface area contributed by atoms with Gasteiger partial charge in [-0.15, -0.1) is 0 Å². The molecule has 3 atom stereocenters. The standard InChI is InChI=1S/C14H19NO/c1-9-13-7-10-3-4-11(16)8-12(10)14(9,2)5-6-15-13/h3-4,8-9,13,15-16H,5-7H2,1-2H3/t9?,13-,14-/m0/s1. The number of phenols is 1. The summed E-state index contributed by atoms with van der Waals surface area (Å²) in [5, 5.41) is 13.3. The van der Waals surface area contributed by atoms with E-state index in [9.17, 15) is 5.11 Å². The lowest BCUT2D eigenvalue weighted by atomic mass is 9.59. The zero-order chi connectivity index (χ0) is 11.3. The number of benzene rings is 1. The highest BCUT2D eigenvalue weighted by molar-refractivity contribution is 5.44. The Morgan fingerprint density at radius 1 is 1.44 bits per heavy atom. The predicted octanol–water partition coefficient (Wildman–Crippen LogP) is 2.20. The zero-order valence-corrected chi connectivity index (χ0v) is 9.96. The first-order chi connectivity index (χ1) is 7.61. The van der Waals surface area contributed by atoms with Crippen molar-refractivity contribution in [1.82, 2.24) is 5.32 Å². The molecule has 16 heavy (non-hydrogen) atoms. The van der Waals surface area contributed by atoms with Crippen LogP contribution in [0.15, 0.2) is 18.2 Å². The quantitative estimate of drug-likeness (QED) is 0.698. The van der Waals surface area contributed by atoms with Gasteiger partial charge in [-0.3, -0.25) is 0 Å². The molecule has 2 heteroatoms. The first-order valence-electron chi connectivity index (χ1n) is 6.17. The molecule has 86 valence electrons. The van der Waals surface area contributed by atoms with Gasteiger partial charge in [0.2, 0.25) is 0 Å². The molecule has 1 aromatic rings. The summed E-state index contributed by atoms with van der Waals surface area (Å²) in [6.07, 6.45) is 2.27. The van der Waals surface area contributed by atoms with Gasteiger partial charge in [0.05, 0.1) is 0 Å². The van der Waals surface area contributed by atoms with E-state index in [4.69, 9.17) is 0 Å². The Balaban J connectivity index is 2.18. The summed E-state index contributed by atoms with van der Waals surface area (Å²) >= 11 is 0. The van der Waals surface area contributed by atoms with E-state index in [0.29, 0.717) is 17.7 Å². The lowest BCUT2D eigenvalue weighted by molar-refractivity contribution is 0.158. The third-order valence-electron chi connectivity index (χ3n) is 4.81. The normalized spacial score (nSPS) is 36.9. The van der Waals surface area contributed by atoms with Gasteiger partial charge in [-0.1, -0.05) is 19.9 Å². The van der Waals surface area contributed by atoms with Gasteiger partial charge in [0.15, 0.2) is 0 Å². The van der Waals surface area contributed by atoms with Crippen LogP contribution in [-0.4, -0.2) is 17.7 Å². The van der Waals surface area contributed by atoms with Crippen molar-refractivity contribution in [3.8, 4) is 5.75 Å². The van der Waals surface area contributed by atoms with Crippen LogP contribution in [0.1, 0.15) is 31.4 Å². The summed E-state index contributed by atoms with van der Waals surface area (Å²) in [7, 11) is 0. The van der Waals surface area contributed by atoms with E-state index in [1.807, 2.05) is 12.1 Å². The Bertz CT molecular complexity index is 429. The van der Waals surface area contributed by atoms with Gasteiger partial charge in [0.25, 0.3) is 0 Å². The molecule has 2 bridgehead atoms. The maximum Gasteiger partial charge on any atom is 0.115 e. The van der Waals surface area contributed by atoms with E-state index >= 15 is 0 Å². The lowest BCUT2D eigenvalue weighted by Crippen LogP contribution is -2.56. The molecule has 0 radical (unpaired) electrons. The van der Waals surface area contributed by atoms with Crippen molar-refractivity contribution in [1.29, 1.82) is 0 Å². The highest BCUT2D eigenvalue weighted by atomic mass is 16.3. The summed E-state index contributed by atoms with van der Waals surface area (Å²) in [6.45, 7) is 5.79. The van der Waals surface area contributed by atoms with Crippen LogP contribution in [0.4, 0.5) is 0 Å². The van der Waals surface area contributed by atoms with Gasteiger partial charge < -0.3 is 10.4 Å². The summed E-state index contributed by atoms with van der Waals surface area (Å²) in [4.78, 5) is 0. The van der Waals surface area contributed by atoms with E-state index in [2.05, 4.69) is 25.2 Å². The molecular weight excluding hydrogens is 198 g/mol. The fourth-order valence-corrected chi connectivity index (χ4v) is 3.51. The Labute approximate surface area is 96.7 Å².